The van der Waals surface area contributed by atoms with Gasteiger partial charge in [-0.2, -0.15) is 0 Å². The highest BCUT2D eigenvalue weighted by Crippen LogP contribution is 2.23. The smallest absolute Gasteiger partial charge is 0.203 e. The van der Waals surface area contributed by atoms with E-state index in [9.17, 15) is 0 Å². The number of nitrogens with zero attached hydrogens (tertiary/aromatic N) is 5. The number of nitrogens with two attached hydrogens (primary N) is 1. The molecule has 3 rings (SSSR count). The molecule has 2 N–H and O–H groups in total. The van der Waals surface area contributed by atoms with Crippen molar-refractivity contribution < 1.29 is 0 Å². The van der Waals surface area contributed by atoms with Gasteiger partial charge in [0.1, 0.15) is 6.33 Å². The number of fused-ring (bicyclic) bond motifs is 1. The average Bonchev–Trinajstić information content (AvgIpc) is 2.87. The third-order valence-electron chi connectivity index (χ3n) is 3.35. The predicted octanol–water partition coefficient (Wildman–Crippen LogP) is 0.299. The van der Waals surface area contributed by atoms with Crippen LogP contribution in [0.1, 0.15) is 12.8 Å². The van der Waals surface area contributed by atoms with Gasteiger partial charge in [0.15, 0.2) is 5.82 Å². The monoisotopic (exact) mass is 232 g/mol. The molecule has 6 nitrogen and oxygen atoms in total. The Hall–Kier alpha value is -1.69. The molecule has 2 aromatic rings. The van der Waals surface area contributed by atoms with Crippen LogP contribution >= 0.6 is 0 Å². The van der Waals surface area contributed by atoms with Gasteiger partial charge in [-0.05, 0) is 25.3 Å². The van der Waals surface area contributed by atoms with Gasteiger partial charge in [-0.3, -0.25) is 4.40 Å². The van der Waals surface area contributed by atoms with Gasteiger partial charge < -0.3 is 10.6 Å². The van der Waals surface area contributed by atoms with Crippen LogP contribution in [0.5, 0.6) is 0 Å². The van der Waals surface area contributed by atoms with E-state index in [4.69, 9.17) is 5.73 Å². The second-order valence-corrected chi connectivity index (χ2v) is 4.50. The Morgan fingerprint density at radius 3 is 3.29 bits per heavy atom. The second kappa shape index (κ2) is 4.29. The van der Waals surface area contributed by atoms with Crippen molar-refractivity contribution in [3.05, 3.63) is 18.7 Å². The van der Waals surface area contributed by atoms with E-state index in [1.165, 1.54) is 12.8 Å². The first kappa shape index (κ1) is 10.5. The van der Waals surface area contributed by atoms with Gasteiger partial charge in [0.25, 0.3) is 0 Å². The lowest BCUT2D eigenvalue weighted by Gasteiger charge is -2.32. The van der Waals surface area contributed by atoms with E-state index in [0.717, 1.165) is 31.1 Å². The summed E-state index contributed by atoms with van der Waals surface area (Å²) in [5.41, 5.74) is 6.58. The molecule has 1 unspecified atom stereocenters. The van der Waals surface area contributed by atoms with E-state index in [2.05, 4.69) is 20.1 Å². The highest BCUT2D eigenvalue weighted by Gasteiger charge is 2.22. The van der Waals surface area contributed by atoms with Gasteiger partial charge in [0, 0.05) is 25.5 Å². The highest BCUT2D eigenvalue weighted by atomic mass is 15.3. The van der Waals surface area contributed by atoms with Gasteiger partial charge in [-0.1, -0.05) is 0 Å². The molecule has 3 heterocycles. The maximum absolute atomic E-state index is 5.76. The Balaban J connectivity index is 1.94. The van der Waals surface area contributed by atoms with Crippen LogP contribution in [0.4, 0.5) is 5.82 Å². The van der Waals surface area contributed by atoms with Crippen LogP contribution in [0.15, 0.2) is 18.7 Å². The highest BCUT2D eigenvalue weighted by molar-refractivity contribution is 5.63. The molecule has 90 valence electrons. The van der Waals surface area contributed by atoms with Gasteiger partial charge in [-0.15, -0.1) is 10.2 Å². The Morgan fingerprint density at radius 1 is 1.47 bits per heavy atom. The Bertz CT molecular complexity index is 507. The van der Waals surface area contributed by atoms with Crippen molar-refractivity contribution in [2.24, 2.45) is 11.7 Å². The van der Waals surface area contributed by atoms with E-state index < -0.39 is 0 Å². The lowest BCUT2D eigenvalue weighted by Crippen LogP contribution is -2.39. The molecule has 0 radical (unpaired) electrons. The van der Waals surface area contributed by atoms with Crippen molar-refractivity contribution >= 4 is 11.5 Å². The molecule has 6 heteroatoms. The Morgan fingerprint density at radius 2 is 2.41 bits per heavy atom. The first-order chi connectivity index (χ1) is 8.38. The predicted molar refractivity (Wildman–Crippen MR) is 64.8 cm³/mol. The fraction of sp³-hybridized carbons (Fsp3) is 0.545. The molecule has 0 amide bonds. The molecule has 0 aromatic carbocycles. The molecule has 17 heavy (non-hydrogen) atoms. The minimum absolute atomic E-state index is 0.564. The minimum atomic E-state index is 0.564. The van der Waals surface area contributed by atoms with Crippen molar-refractivity contribution in [2.45, 2.75) is 12.8 Å². The number of piperidine rings is 1. The molecule has 0 aliphatic carbocycles. The summed E-state index contributed by atoms with van der Waals surface area (Å²) < 4.78 is 1.90. The summed E-state index contributed by atoms with van der Waals surface area (Å²) in [7, 11) is 0. The molecule has 1 aliphatic heterocycles. The summed E-state index contributed by atoms with van der Waals surface area (Å²) in [5, 5.41) is 8.04. The molecule has 1 atom stereocenters. The van der Waals surface area contributed by atoms with Crippen LogP contribution < -0.4 is 10.6 Å². The number of rotatable bonds is 2. The summed E-state index contributed by atoms with van der Waals surface area (Å²) in [6, 6.07) is 0. The molecule has 1 saturated heterocycles. The van der Waals surface area contributed by atoms with Crippen LogP contribution in [-0.4, -0.2) is 39.2 Å². The summed E-state index contributed by atoms with van der Waals surface area (Å²) in [6.45, 7) is 2.73. The zero-order chi connectivity index (χ0) is 11.7. The molecule has 0 saturated carbocycles. The second-order valence-electron chi connectivity index (χ2n) is 4.50. The van der Waals surface area contributed by atoms with Crippen LogP contribution in [0, 0.1) is 5.92 Å². The van der Waals surface area contributed by atoms with Crippen molar-refractivity contribution in [3.8, 4) is 0 Å². The third kappa shape index (κ3) is 1.84. The maximum Gasteiger partial charge on any atom is 0.203 e. The minimum Gasteiger partial charge on any atom is -0.353 e. The van der Waals surface area contributed by atoms with Crippen LogP contribution in [0.3, 0.4) is 0 Å². The largest absolute Gasteiger partial charge is 0.353 e. The van der Waals surface area contributed by atoms with E-state index in [0.29, 0.717) is 5.92 Å². The standard InChI is InChI=1S/C11H16N6/c12-6-9-2-1-4-16(7-9)10-11-15-14-8-17(11)5-3-13-10/h3,5,8-9H,1-2,4,6-7,12H2. The fourth-order valence-electron chi connectivity index (χ4n) is 2.42. The van der Waals surface area contributed by atoms with Gasteiger partial charge in [0.2, 0.25) is 5.65 Å². The maximum atomic E-state index is 5.76. The number of aromatic nitrogens is 4. The molecular formula is C11H16N6. The first-order valence-corrected chi connectivity index (χ1v) is 5.98. The van der Waals surface area contributed by atoms with Crippen molar-refractivity contribution in [1.82, 2.24) is 19.6 Å². The topological polar surface area (TPSA) is 72.3 Å². The van der Waals surface area contributed by atoms with Crippen molar-refractivity contribution in [3.63, 3.8) is 0 Å². The zero-order valence-electron chi connectivity index (χ0n) is 9.66. The quantitative estimate of drug-likeness (QED) is 0.806. The lowest BCUT2D eigenvalue weighted by atomic mass is 9.98. The van der Waals surface area contributed by atoms with Crippen LogP contribution in [0.25, 0.3) is 5.65 Å². The normalized spacial score (nSPS) is 21.0. The summed E-state index contributed by atoms with van der Waals surface area (Å²) in [4.78, 5) is 6.70. The number of hydrogen-bond donors (Lipinski definition) is 1. The summed E-state index contributed by atoms with van der Waals surface area (Å²) in [6.07, 6.45) is 7.73. The van der Waals surface area contributed by atoms with Crippen molar-refractivity contribution in [2.75, 3.05) is 24.5 Å². The average molecular weight is 232 g/mol. The molecule has 1 fully saturated rings. The number of hydrogen-bond acceptors (Lipinski definition) is 5. The molecule has 1 aliphatic rings. The SMILES string of the molecule is NCC1CCCN(c2nccn3cnnc23)C1. The van der Waals surface area contributed by atoms with Crippen LogP contribution in [-0.2, 0) is 0 Å². The molecule has 2 aromatic heterocycles. The molecular weight excluding hydrogens is 216 g/mol. The van der Waals surface area contributed by atoms with E-state index in [-0.39, 0.29) is 0 Å². The van der Waals surface area contributed by atoms with Gasteiger partial charge in [-0.25, -0.2) is 4.98 Å². The van der Waals surface area contributed by atoms with E-state index in [1.807, 2.05) is 10.6 Å². The third-order valence-corrected chi connectivity index (χ3v) is 3.35. The zero-order valence-corrected chi connectivity index (χ0v) is 9.66. The van der Waals surface area contributed by atoms with Crippen LogP contribution in [0.2, 0.25) is 0 Å². The Kier molecular flexibility index (Phi) is 2.64. The summed E-state index contributed by atoms with van der Waals surface area (Å²) in [5.74, 6) is 1.48. The first-order valence-electron chi connectivity index (χ1n) is 5.98. The number of anilines is 1. The van der Waals surface area contributed by atoms with E-state index in [1.54, 1.807) is 12.5 Å². The van der Waals surface area contributed by atoms with Gasteiger partial charge in [0.05, 0.1) is 0 Å². The van der Waals surface area contributed by atoms with Crippen molar-refractivity contribution in [1.29, 1.82) is 0 Å². The lowest BCUT2D eigenvalue weighted by molar-refractivity contribution is 0.422. The molecule has 0 spiro atoms. The molecule has 0 bridgehead atoms. The van der Waals surface area contributed by atoms with Gasteiger partial charge >= 0.3 is 0 Å². The van der Waals surface area contributed by atoms with E-state index >= 15 is 0 Å². The fourth-order valence-corrected chi connectivity index (χ4v) is 2.42. The summed E-state index contributed by atoms with van der Waals surface area (Å²) >= 11 is 0. The Labute approximate surface area is 99.5 Å².